The lowest BCUT2D eigenvalue weighted by atomic mass is 9.79. The van der Waals surface area contributed by atoms with Crippen LogP contribution in [0, 0.1) is 5.41 Å². The number of carbonyl (C=O) groups excluding carboxylic acids is 1. The van der Waals surface area contributed by atoms with Gasteiger partial charge in [0.2, 0.25) is 5.91 Å². The van der Waals surface area contributed by atoms with Crippen molar-refractivity contribution in [1.29, 1.82) is 0 Å². The molecule has 0 unspecified atom stereocenters. The van der Waals surface area contributed by atoms with Gasteiger partial charge in [0.1, 0.15) is 0 Å². The van der Waals surface area contributed by atoms with Crippen molar-refractivity contribution in [1.82, 2.24) is 5.32 Å². The highest BCUT2D eigenvalue weighted by Crippen LogP contribution is 2.29. The molecule has 0 aliphatic carbocycles. The van der Waals surface area contributed by atoms with Crippen molar-refractivity contribution in [3.63, 3.8) is 0 Å². The van der Waals surface area contributed by atoms with Gasteiger partial charge in [-0.05, 0) is 34.8 Å². The van der Waals surface area contributed by atoms with Gasteiger partial charge in [-0.25, -0.2) is 0 Å². The van der Waals surface area contributed by atoms with Gasteiger partial charge >= 0.3 is 0 Å². The molecule has 100 valence electrons. The Bertz CT molecular complexity index is 416. The van der Waals surface area contributed by atoms with E-state index >= 15 is 0 Å². The minimum atomic E-state index is -0.438. The van der Waals surface area contributed by atoms with Gasteiger partial charge in [0.05, 0.1) is 12.0 Å². The van der Waals surface area contributed by atoms with Crippen molar-refractivity contribution in [3.8, 4) is 0 Å². The molecule has 1 aliphatic rings. The molecule has 4 nitrogen and oxygen atoms in total. The molecule has 0 saturated carbocycles. The summed E-state index contributed by atoms with van der Waals surface area (Å²) in [5.74, 6) is 0.0535. The van der Waals surface area contributed by atoms with E-state index in [0.717, 1.165) is 9.35 Å². The Labute approximate surface area is 119 Å². The number of nitrogens with one attached hydrogen (secondary N) is 1. The van der Waals surface area contributed by atoms with Crippen LogP contribution in [-0.4, -0.2) is 25.7 Å². The Morgan fingerprint density at radius 3 is 2.83 bits per heavy atom. The number of nitrogens with two attached hydrogens (primary N) is 1. The summed E-state index contributed by atoms with van der Waals surface area (Å²) in [7, 11) is 0. The summed E-state index contributed by atoms with van der Waals surface area (Å²) in [6, 6.07) is 2.02. The number of ether oxygens (including phenoxy) is 1. The minimum absolute atomic E-state index is 0.0535. The second-order valence-corrected chi connectivity index (χ2v) is 6.42. The number of hydrogen-bond donors (Lipinski definition) is 2. The van der Waals surface area contributed by atoms with Crippen LogP contribution >= 0.6 is 27.3 Å². The zero-order chi connectivity index (χ0) is 13.0. The first-order valence-corrected chi connectivity index (χ1v) is 7.62. The summed E-state index contributed by atoms with van der Waals surface area (Å²) in [4.78, 5) is 13.4. The van der Waals surface area contributed by atoms with E-state index in [1.54, 1.807) is 11.3 Å². The highest BCUT2D eigenvalue weighted by Gasteiger charge is 2.38. The van der Waals surface area contributed by atoms with Crippen LogP contribution in [0.15, 0.2) is 15.9 Å². The molecule has 3 N–H and O–H groups in total. The summed E-state index contributed by atoms with van der Waals surface area (Å²) >= 11 is 5.03. The highest BCUT2D eigenvalue weighted by atomic mass is 79.9. The maximum atomic E-state index is 12.3. The van der Waals surface area contributed by atoms with Gasteiger partial charge in [-0.1, -0.05) is 0 Å². The van der Waals surface area contributed by atoms with Crippen molar-refractivity contribution in [3.05, 3.63) is 20.8 Å². The lowest BCUT2D eigenvalue weighted by molar-refractivity contribution is -0.136. The molecule has 2 rings (SSSR count). The third kappa shape index (κ3) is 3.12. The summed E-state index contributed by atoms with van der Waals surface area (Å²) in [6.07, 6.45) is 1.42. The molecule has 0 atom stereocenters. The molecule has 0 aromatic carbocycles. The third-order valence-corrected chi connectivity index (χ3v) is 5.06. The molecule has 0 radical (unpaired) electrons. The minimum Gasteiger partial charge on any atom is -0.381 e. The van der Waals surface area contributed by atoms with Crippen LogP contribution in [0.2, 0.25) is 0 Å². The van der Waals surface area contributed by atoms with E-state index in [0.29, 0.717) is 39.1 Å². The Balaban J connectivity index is 1.93. The molecule has 6 heteroatoms. The van der Waals surface area contributed by atoms with Crippen LogP contribution in [0.5, 0.6) is 0 Å². The van der Waals surface area contributed by atoms with E-state index in [1.807, 2.05) is 11.4 Å². The maximum absolute atomic E-state index is 12.3. The summed E-state index contributed by atoms with van der Waals surface area (Å²) in [5.41, 5.74) is 5.35. The molecule has 1 aromatic heterocycles. The normalized spacial score (nSPS) is 18.6. The van der Waals surface area contributed by atoms with Gasteiger partial charge in [-0.2, -0.15) is 0 Å². The van der Waals surface area contributed by atoms with E-state index < -0.39 is 5.41 Å². The fourth-order valence-corrected chi connectivity index (χ4v) is 3.48. The second kappa shape index (κ2) is 6.14. The lowest BCUT2D eigenvalue weighted by Crippen LogP contribution is -2.48. The standard InChI is InChI=1S/C12H17BrN2O2S/c13-9-5-10(18-7-9)6-15-11(16)12(8-14)1-3-17-4-2-12/h5,7H,1-4,6,8,14H2,(H,15,16). The van der Waals surface area contributed by atoms with Crippen molar-refractivity contribution in [2.45, 2.75) is 19.4 Å². The van der Waals surface area contributed by atoms with Crippen LogP contribution in [-0.2, 0) is 16.1 Å². The van der Waals surface area contributed by atoms with Crippen LogP contribution in [0.1, 0.15) is 17.7 Å². The Morgan fingerprint density at radius 1 is 1.56 bits per heavy atom. The molecule has 0 bridgehead atoms. The number of halogens is 1. The molecule has 1 amide bonds. The maximum Gasteiger partial charge on any atom is 0.227 e. The van der Waals surface area contributed by atoms with E-state index in [9.17, 15) is 4.79 Å². The van der Waals surface area contributed by atoms with Crippen molar-refractivity contribution in [2.24, 2.45) is 11.1 Å². The lowest BCUT2D eigenvalue weighted by Gasteiger charge is -2.34. The van der Waals surface area contributed by atoms with Gasteiger partial charge < -0.3 is 15.8 Å². The third-order valence-electron chi connectivity index (χ3n) is 3.37. The Hall–Kier alpha value is -0.430. The summed E-state index contributed by atoms with van der Waals surface area (Å²) in [6.45, 7) is 2.19. The topological polar surface area (TPSA) is 64.4 Å². The largest absolute Gasteiger partial charge is 0.381 e. The van der Waals surface area contributed by atoms with Crippen LogP contribution in [0.4, 0.5) is 0 Å². The second-order valence-electron chi connectivity index (χ2n) is 4.51. The zero-order valence-electron chi connectivity index (χ0n) is 10.1. The van der Waals surface area contributed by atoms with E-state index in [4.69, 9.17) is 10.5 Å². The first-order chi connectivity index (χ1) is 8.66. The molecule has 1 aliphatic heterocycles. The van der Waals surface area contributed by atoms with Gasteiger partial charge in [0.15, 0.2) is 0 Å². The number of carbonyl (C=O) groups is 1. The average molecular weight is 333 g/mol. The Kier molecular flexibility index (Phi) is 4.77. The summed E-state index contributed by atoms with van der Waals surface area (Å²) < 4.78 is 6.36. The van der Waals surface area contributed by atoms with Gasteiger partial charge in [-0.15, -0.1) is 11.3 Å². The monoisotopic (exact) mass is 332 g/mol. The van der Waals surface area contributed by atoms with Crippen molar-refractivity contribution >= 4 is 33.2 Å². The van der Waals surface area contributed by atoms with E-state index in [-0.39, 0.29) is 5.91 Å². The van der Waals surface area contributed by atoms with Crippen LogP contribution < -0.4 is 11.1 Å². The van der Waals surface area contributed by atoms with E-state index in [2.05, 4.69) is 21.2 Å². The van der Waals surface area contributed by atoms with Gasteiger partial charge in [-0.3, -0.25) is 4.79 Å². The molecule has 1 saturated heterocycles. The summed E-state index contributed by atoms with van der Waals surface area (Å²) in [5, 5.41) is 5.00. The molecule has 18 heavy (non-hydrogen) atoms. The van der Waals surface area contributed by atoms with Gasteiger partial charge in [0, 0.05) is 34.5 Å². The molecular weight excluding hydrogens is 316 g/mol. The Morgan fingerprint density at radius 2 is 2.28 bits per heavy atom. The molecule has 2 heterocycles. The fraction of sp³-hybridized carbons (Fsp3) is 0.583. The fourth-order valence-electron chi connectivity index (χ4n) is 2.09. The van der Waals surface area contributed by atoms with E-state index in [1.165, 1.54) is 0 Å². The predicted octanol–water partition coefficient (Wildman–Crippen LogP) is 1.88. The van der Waals surface area contributed by atoms with Crippen molar-refractivity contribution in [2.75, 3.05) is 19.8 Å². The predicted molar refractivity (Wildman–Crippen MR) is 75.4 cm³/mol. The van der Waals surface area contributed by atoms with Crippen molar-refractivity contribution < 1.29 is 9.53 Å². The first-order valence-electron chi connectivity index (χ1n) is 5.95. The number of hydrogen-bond acceptors (Lipinski definition) is 4. The number of thiophene rings is 1. The van der Waals surface area contributed by atoms with Crippen LogP contribution in [0.3, 0.4) is 0 Å². The van der Waals surface area contributed by atoms with Gasteiger partial charge in [0.25, 0.3) is 0 Å². The van der Waals surface area contributed by atoms with Crippen LogP contribution in [0.25, 0.3) is 0 Å². The smallest absolute Gasteiger partial charge is 0.227 e. The zero-order valence-corrected chi connectivity index (χ0v) is 12.5. The first kappa shape index (κ1) is 14.0. The molecule has 1 aromatic rings. The highest BCUT2D eigenvalue weighted by molar-refractivity contribution is 9.10. The SMILES string of the molecule is NCC1(C(=O)NCc2cc(Br)cs2)CCOCC1. The molecule has 0 spiro atoms. The average Bonchev–Trinajstić information content (AvgIpc) is 2.82. The quantitative estimate of drug-likeness (QED) is 0.884. The number of amides is 1. The molecular formula is C12H17BrN2O2S. The molecule has 1 fully saturated rings. The number of rotatable bonds is 4.